The normalized spacial score (nSPS) is 10.3. The summed E-state index contributed by atoms with van der Waals surface area (Å²) in [5.74, 6) is 0.750. The molecule has 1 heterocycles. The van der Waals surface area contributed by atoms with Gasteiger partial charge in [-0.25, -0.2) is 4.98 Å². The van der Waals surface area contributed by atoms with Gasteiger partial charge in [0.15, 0.2) is 0 Å². The molecular weight excluding hydrogens is 372 g/mol. The highest BCUT2D eigenvalue weighted by Crippen LogP contribution is 2.25. The molecule has 4 heteroatoms. The van der Waals surface area contributed by atoms with Gasteiger partial charge >= 0.3 is 0 Å². The Balaban J connectivity index is 0.000000804. The molecular formula is C26H40N2O2. The fourth-order valence-corrected chi connectivity index (χ4v) is 3.22. The van der Waals surface area contributed by atoms with E-state index >= 15 is 0 Å². The van der Waals surface area contributed by atoms with Crippen molar-refractivity contribution in [1.29, 1.82) is 0 Å². The minimum atomic E-state index is -0.489. The summed E-state index contributed by atoms with van der Waals surface area (Å²) in [5, 5.41) is 0. The summed E-state index contributed by atoms with van der Waals surface area (Å²) in [4.78, 5) is 15.2. The van der Waals surface area contributed by atoms with Crippen LogP contribution in [0.2, 0.25) is 0 Å². The highest BCUT2D eigenvalue weighted by molar-refractivity contribution is 5.92. The molecule has 0 fully saturated rings. The summed E-state index contributed by atoms with van der Waals surface area (Å²) in [7, 11) is 0. The summed E-state index contributed by atoms with van der Waals surface area (Å²) in [6.45, 7) is 8.84. The fourth-order valence-electron chi connectivity index (χ4n) is 3.22. The molecule has 1 aromatic carbocycles. The number of carbonyl (C=O) groups is 1. The van der Waals surface area contributed by atoms with Crippen molar-refractivity contribution in [3.05, 3.63) is 53.2 Å². The summed E-state index contributed by atoms with van der Waals surface area (Å²) >= 11 is 0. The Morgan fingerprint density at radius 2 is 1.57 bits per heavy atom. The maximum Gasteiger partial charge on any atom is 0.250 e. The van der Waals surface area contributed by atoms with Crippen LogP contribution in [0.5, 0.6) is 11.6 Å². The number of hydrogen-bond acceptors (Lipinski definition) is 3. The number of nitrogens with two attached hydrogens (primary N) is 1. The van der Waals surface area contributed by atoms with Crippen molar-refractivity contribution in [3.8, 4) is 11.6 Å². The van der Waals surface area contributed by atoms with E-state index in [1.807, 2.05) is 6.07 Å². The molecule has 0 unspecified atom stereocenters. The first-order valence-electron chi connectivity index (χ1n) is 11.6. The molecule has 0 aliphatic carbocycles. The van der Waals surface area contributed by atoms with Crippen LogP contribution in [-0.2, 0) is 12.8 Å². The molecule has 0 radical (unpaired) electrons. The number of aromatic nitrogens is 1. The van der Waals surface area contributed by atoms with E-state index in [9.17, 15) is 4.79 Å². The van der Waals surface area contributed by atoms with Crippen LogP contribution in [0.3, 0.4) is 0 Å². The Morgan fingerprint density at radius 3 is 2.10 bits per heavy atom. The summed E-state index contributed by atoms with van der Waals surface area (Å²) in [6.07, 6.45) is 14.0. The van der Waals surface area contributed by atoms with Gasteiger partial charge < -0.3 is 10.5 Å². The molecule has 30 heavy (non-hydrogen) atoms. The van der Waals surface area contributed by atoms with Crippen molar-refractivity contribution in [1.82, 2.24) is 4.98 Å². The van der Waals surface area contributed by atoms with Crippen LogP contribution in [0.4, 0.5) is 0 Å². The number of pyridine rings is 1. The predicted molar refractivity (Wildman–Crippen MR) is 126 cm³/mol. The molecule has 4 nitrogen and oxygen atoms in total. The van der Waals surface area contributed by atoms with Crippen LogP contribution in [0.1, 0.15) is 101 Å². The zero-order chi connectivity index (χ0) is 22.2. The lowest BCUT2D eigenvalue weighted by Crippen LogP contribution is -2.10. The van der Waals surface area contributed by atoms with Gasteiger partial charge in [-0.2, -0.15) is 0 Å². The van der Waals surface area contributed by atoms with E-state index in [0.29, 0.717) is 11.4 Å². The monoisotopic (exact) mass is 412 g/mol. The zero-order valence-corrected chi connectivity index (χ0v) is 19.4. The van der Waals surface area contributed by atoms with E-state index in [1.165, 1.54) is 68.7 Å². The van der Waals surface area contributed by atoms with E-state index in [-0.39, 0.29) is 0 Å². The van der Waals surface area contributed by atoms with Crippen molar-refractivity contribution in [2.75, 3.05) is 0 Å². The number of rotatable bonds is 12. The van der Waals surface area contributed by atoms with E-state index in [2.05, 4.69) is 44.8 Å². The molecule has 0 aliphatic rings. The number of nitrogens with zero attached hydrogens (tertiary/aromatic N) is 1. The predicted octanol–water partition coefficient (Wildman–Crippen LogP) is 7.24. The maximum absolute atomic E-state index is 11.1. The average molecular weight is 413 g/mol. The lowest BCUT2D eigenvalue weighted by atomic mass is 9.99. The molecule has 0 spiro atoms. The molecule has 2 aromatic rings. The highest BCUT2D eigenvalue weighted by atomic mass is 16.5. The van der Waals surface area contributed by atoms with Gasteiger partial charge in [0.2, 0.25) is 11.8 Å². The Kier molecular flexibility index (Phi) is 13.2. The van der Waals surface area contributed by atoms with E-state index in [1.54, 1.807) is 12.1 Å². The van der Waals surface area contributed by atoms with Gasteiger partial charge in [0.25, 0.3) is 0 Å². The lowest BCUT2D eigenvalue weighted by Gasteiger charge is -2.11. The molecule has 2 rings (SSSR count). The summed E-state index contributed by atoms with van der Waals surface area (Å²) in [5.41, 5.74) is 8.33. The molecule has 0 saturated carbocycles. The molecule has 0 bridgehead atoms. The van der Waals surface area contributed by atoms with Crippen molar-refractivity contribution in [3.63, 3.8) is 0 Å². The minimum absolute atomic E-state index is 0.376. The van der Waals surface area contributed by atoms with Gasteiger partial charge in [-0.15, -0.1) is 0 Å². The van der Waals surface area contributed by atoms with Gasteiger partial charge in [-0.1, -0.05) is 78.7 Å². The number of aryl methyl sites for hydroxylation is 2. The average Bonchev–Trinajstić information content (AvgIpc) is 2.75. The first kappa shape index (κ1) is 25.7. The third-order valence-corrected chi connectivity index (χ3v) is 5.06. The third-order valence-electron chi connectivity index (χ3n) is 5.06. The summed E-state index contributed by atoms with van der Waals surface area (Å²) in [6, 6.07) is 9.51. The Hall–Kier alpha value is -2.36. The topological polar surface area (TPSA) is 65.2 Å². The Morgan fingerprint density at radius 1 is 0.867 bits per heavy atom. The van der Waals surface area contributed by atoms with E-state index < -0.39 is 5.91 Å². The molecule has 166 valence electrons. The second kappa shape index (κ2) is 15.5. The molecule has 0 atom stereocenters. The van der Waals surface area contributed by atoms with E-state index in [0.717, 1.165) is 18.6 Å². The Bertz CT molecular complexity index is 724. The Labute approximate surface area is 183 Å². The lowest BCUT2D eigenvalue weighted by molar-refractivity contribution is 0.1000. The number of amides is 1. The molecule has 2 N–H and O–H groups in total. The summed E-state index contributed by atoms with van der Waals surface area (Å²) < 4.78 is 5.83. The first-order valence-corrected chi connectivity index (χ1v) is 11.6. The third kappa shape index (κ3) is 9.91. The SMILES string of the molecule is CCCCC.CCCCCCCc1cc(Oc2ccc(C(N)=O)cn2)ccc1CC. The largest absolute Gasteiger partial charge is 0.439 e. The second-order valence-corrected chi connectivity index (χ2v) is 7.65. The van der Waals surface area contributed by atoms with Crippen LogP contribution in [0, 0.1) is 0 Å². The van der Waals surface area contributed by atoms with Crippen LogP contribution in [0.15, 0.2) is 36.5 Å². The standard InChI is InChI=1S/C21H28N2O2.C5H12/c1-3-5-6-7-8-9-17-14-19(12-10-16(17)4-2)25-20-13-11-18(15-23-20)21(22)24;1-3-5-4-2/h10-15H,3-9H2,1-2H3,(H2,22,24);3-5H2,1-2H3. The smallest absolute Gasteiger partial charge is 0.250 e. The molecule has 0 saturated heterocycles. The first-order chi connectivity index (χ1) is 14.5. The van der Waals surface area contributed by atoms with Gasteiger partial charge in [0, 0.05) is 12.3 Å². The second-order valence-electron chi connectivity index (χ2n) is 7.65. The number of carbonyl (C=O) groups excluding carboxylic acids is 1. The molecule has 0 aliphatic heterocycles. The minimum Gasteiger partial charge on any atom is -0.439 e. The van der Waals surface area contributed by atoms with Crippen LogP contribution < -0.4 is 10.5 Å². The van der Waals surface area contributed by atoms with Gasteiger partial charge in [0.1, 0.15) is 5.75 Å². The van der Waals surface area contributed by atoms with Crippen LogP contribution in [0.25, 0.3) is 0 Å². The van der Waals surface area contributed by atoms with Crippen molar-refractivity contribution >= 4 is 5.91 Å². The van der Waals surface area contributed by atoms with Crippen LogP contribution in [-0.4, -0.2) is 10.9 Å². The van der Waals surface area contributed by atoms with Crippen LogP contribution >= 0.6 is 0 Å². The van der Waals surface area contributed by atoms with Gasteiger partial charge in [-0.05, 0) is 48.6 Å². The van der Waals surface area contributed by atoms with Crippen molar-refractivity contribution in [2.24, 2.45) is 5.73 Å². The maximum atomic E-state index is 11.1. The number of unbranched alkanes of at least 4 members (excludes halogenated alkanes) is 6. The number of primary amides is 1. The van der Waals surface area contributed by atoms with Gasteiger partial charge in [-0.3, -0.25) is 4.79 Å². The number of hydrogen-bond donors (Lipinski definition) is 1. The zero-order valence-electron chi connectivity index (χ0n) is 19.4. The molecule has 1 amide bonds. The quantitative estimate of drug-likeness (QED) is 0.373. The number of benzene rings is 1. The fraction of sp³-hybridized carbons (Fsp3) is 0.538. The number of ether oxygens (including phenoxy) is 1. The van der Waals surface area contributed by atoms with Gasteiger partial charge in [0.05, 0.1) is 5.56 Å². The van der Waals surface area contributed by atoms with E-state index in [4.69, 9.17) is 10.5 Å². The highest BCUT2D eigenvalue weighted by Gasteiger charge is 2.07. The molecule has 1 aromatic heterocycles. The van der Waals surface area contributed by atoms with Crippen molar-refractivity contribution in [2.45, 2.75) is 91.9 Å². The van der Waals surface area contributed by atoms with Crippen molar-refractivity contribution < 1.29 is 9.53 Å².